The molecule has 2 aromatic rings. The Morgan fingerprint density at radius 2 is 1.88 bits per heavy atom. The van der Waals surface area contributed by atoms with E-state index in [-0.39, 0.29) is 24.2 Å². The van der Waals surface area contributed by atoms with Crippen LogP contribution < -0.4 is 26.4 Å². The fourth-order valence-electron chi connectivity index (χ4n) is 5.10. The lowest BCUT2D eigenvalue weighted by Crippen LogP contribution is -2.49. The molecule has 4 atom stereocenters. The monoisotopic (exact) mass is 435 g/mol. The molecular formula is C24H33N7O. The van der Waals surface area contributed by atoms with Gasteiger partial charge in [0, 0.05) is 74.4 Å². The number of nitrogens with one attached hydrogen (secondary N) is 4. The first-order chi connectivity index (χ1) is 15.6. The maximum atomic E-state index is 13.0. The highest BCUT2D eigenvalue weighted by atomic mass is 16.1. The Hall–Kier alpha value is -2.52. The van der Waals surface area contributed by atoms with Gasteiger partial charge in [0.2, 0.25) is 0 Å². The molecule has 4 unspecified atom stereocenters. The number of hydrogen-bond acceptors (Lipinski definition) is 7. The van der Waals surface area contributed by atoms with Crippen molar-refractivity contribution in [3.05, 3.63) is 59.4 Å². The van der Waals surface area contributed by atoms with E-state index in [1.807, 2.05) is 24.5 Å². The van der Waals surface area contributed by atoms with Gasteiger partial charge < -0.3 is 20.4 Å². The van der Waals surface area contributed by atoms with Crippen LogP contribution in [0.2, 0.25) is 0 Å². The molecule has 32 heavy (non-hydrogen) atoms. The second kappa shape index (κ2) is 9.15. The van der Waals surface area contributed by atoms with Crippen molar-refractivity contribution in [2.24, 2.45) is 5.92 Å². The van der Waals surface area contributed by atoms with Crippen LogP contribution in [0.25, 0.3) is 0 Å². The third kappa shape index (κ3) is 4.36. The number of amides is 1. The molecule has 3 aliphatic rings. The van der Waals surface area contributed by atoms with E-state index in [2.05, 4.69) is 68.4 Å². The lowest BCUT2D eigenvalue weighted by molar-refractivity contribution is 0.0913. The Morgan fingerprint density at radius 3 is 2.62 bits per heavy atom. The third-order valence-electron chi connectivity index (χ3n) is 7.20. The van der Waals surface area contributed by atoms with Crippen molar-refractivity contribution in [2.75, 3.05) is 44.7 Å². The zero-order valence-corrected chi connectivity index (χ0v) is 18.8. The number of piperazine rings is 1. The van der Waals surface area contributed by atoms with Crippen LogP contribution in [0.3, 0.4) is 0 Å². The minimum Gasteiger partial charge on any atom is -0.369 e. The summed E-state index contributed by atoms with van der Waals surface area (Å²) < 4.78 is 0. The summed E-state index contributed by atoms with van der Waals surface area (Å²) in [5.41, 5.74) is 11.0. The van der Waals surface area contributed by atoms with Gasteiger partial charge in [-0.05, 0) is 61.9 Å². The molecule has 0 aliphatic carbocycles. The van der Waals surface area contributed by atoms with Gasteiger partial charge >= 0.3 is 0 Å². The molecule has 0 radical (unpaired) electrons. The zero-order chi connectivity index (χ0) is 22.1. The number of likely N-dealkylation sites (N-methyl/N-ethyl adjacent to an activating group) is 1. The number of nitrogens with zero attached hydrogens (tertiary/aromatic N) is 3. The maximum absolute atomic E-state index is 13.0. The van der Waals surface area contributed by atoms with Crippen molar-refractivity contribution in [1.29, 1.82) is 0 Å². The van der Waals surface area contributed by atoms with Crippen LogP contribution in [0.4, 0.5) is 5.69 Å². The number of pyridine rings is 1. The molecule has 5 rings (SSSR count). The molecule has 1 aromatic carbocycles. The van der Waals surface area contributed by atoms with E-state index in [1.165, 1.54) is 16.8 Å². The Balaban J connectivity index is 1.22. The van der Waals surface area contributed by atoms with Crippen molar-refractivity contribution in [3.63, 3.8) is 0 Å². The van der Waals surface area contributed by atoms with E-state index < -0.39 is 0 Å². The van der Waals surface area contributed by atoms with Crippen LogP contribution >= 0.6 is 0 Å². The van der Waals surface area contributed by atoms with Crippen LogP contribution in [-0.2, 0) is 0 Å². The Labute approximate surface area is 189 Å². The molecule has 1 aromatic heterocycles. The average Bonchev–Trinajstić information content (AvgIpc) is 3.22. The van der Waals surface area contributed by atoms with Gasteiger partial charge in [0.05, 0.1) is 6.17 Å². The second-order valence-electron chi connectivity index (χ2n) is 9.28. The van der Waals surface area contributed by atoms with Crippen molar-refractivity contribution < 1.29 is 4.79 Å². The first-order valence-electron chi connectivity index (χ1n) is 11.6. The minimum atomic E-state index is -0.105. The van der Waals surface area contributed by atoms with Gasteiger partial charge in [0.25, 0.3) is 5.91 Å². The summed E-state index contributed by atoms with van der Waals surface area (Å²) >= 11 is 0. The Kier molecular flexibility index (Phi) is 6.10. The predicted molar refractivity (Wildman–Crippen MR) is 125 cm³/mol. The Morgan fingerprint density at radius 1 is 1.09 bits per heavy atom. The number of fused-ring (bicyclic) bond motifs is 1. The first-order valence-corrected chi connectivity index (χ1v) is 11.6. The minimum absolute atomic E-state index is 0.0393. The number of rotatable bonds is 4. The Bertz CT molecular complexity index is 942. The summed E-state index contributed by atoms with van der Waals surface area (Å²) in [7, 11) is 2.16. The number of carbonyl (C=O) groups is 1. The molecule has 8 heteroatoms. The van der Waals surface area contributed by atoms with Crippen molar-refractivity contribution in [1.82, 2.24) is 31.4 Å². The molecule has 3 saturated heterocycles. The molecule has 8 nitrogen and oxygen atoms in total. The number of aryl methyl sites for hydroxylation is 1. The zero-order valence-electron chi connectivity index (χ0n) is 18.8. The van der Waals surface area contributed by atoms with Gasteiger partial charge in [-0.1, -0.05) is 0 Å². The van der Waals surface area contributed by atoms with Gasteiger partial charge in [-0.2, -0.15) is 0 Å². The fourth-order valence-corrected chi connectivity index (χ4v) is 5.10. The van der Waals surface area contributed by atoms with Crippen LogP contribution in [0.1, 0.15) is 33.9 Å². The highest BCUT2D eigenvalue weighted by Gasteiger charge is 2.41. The lowest BCUT2D eigenvalue weighted by Gasteiger charge is -2.35. The third-order valence-corrected chi connectivity index (χ3v) is 7.20. The highest BCUT2D eigenvalue weighted by Crippen LogP contribution is 2.32. The molecule has 170 valence electrons. The SMILES string of the molecule is Cc1ccncc1C1CC2C(CN1)NNC2NC(=O)c1ccc(N2CCN(C)CC2)cc1. The molecule has 3 fully saturated rings. The molecule has 4 heterocycles. The molecule has 3 aliphatic heterocycles. The van der Waals surface area contributed by atoms with Crippen LogP contribution in [0, 0.1) is 12.8 Å². The van der Waals surface area contributed by atoms with Gasteiger partial charge in [0.1, 0.15) is 0 Å². The number of carbonyl (C=O) groups excluding carboxylic acids is 1. The fraction of sp³-hybridized carbons (Fsp3) is 0.500. The number of benzene rings is 1. The van der Waals surface area contributed by atoms with Gasteiger partial charge in [-0.15, -0.1) is 0 Å². The number of anilines is 1. The number of aromatic nitrogens is 1. The van der Waals surface area contributed by atoms with Gasteiger partial charge in [-0.3, -0.25) is 15.2 Å². The van der Waals surface area contributed by atoms with E-state index >= 15 is 0 Å². The molecule has 0 saturated carbocycles. The second-order valence-corrected chi connectivity index (χ2v) is 9.28. The normalized spacial score (nSPS) is 28.4. The molecule has 0 bridgehead atoms. The predicted octanol–water partition coefficient (Wildman–Crippen LogP) is 1.02. The van der Waals surface area contributed by atoms with Crippen LogP contribution in [0.15, 0.2) is 42.7 Å². The van der Waals surface area contributed by atoms with Gasteiger partial charge in [-0.25, -0.2) is 5.43 Å². The molecule has 4 N–H and O–H groups in total. The quantitative estimate of drug-likeness (QED) is 0.571. The summed E-state index contributed by atoms with van der Waals surface area (Å²) in [4.78, 5) is 22.0. The van der Waals surface area contributed by atoms with E-state index in [0.29, 0.717) is 11.5 Å². The largest absolute Gasteiger partial charge is 0.369 e. The molecular weight excluding hydrogens is 402 g/mol. The van der Waals surface area contributed by atoms with Crippen molar-refractivity contribution in [2.45, 2.75) is 31.6 Å². The topological polar surface area (TPSA) is 84.6 Å². The highest BCUT2D eigenvalue weighted by molar-refractivity contribution is 5.94. The molecule has 1 amide bonds. The van der Waals surface area contributed by atoms with Crippen molar-refractivity contribution in [3.8, 4) is 0 Å². The first kappa shape index (κ1) is 21.3. The molecule has 0 spiro atoms. The maximum Gasteiger partial charge on any atom is 0.252 e. The van der Waals surface area contributed by atoms with Crippen LogP contribution in [0.5, 0.6) is 0 Å². The summed E-state index contributed by atoms with van der Waals surface area (Å²) in [5, 5.41) is 6.84. The standard InChI is InChI=1S/C24H33N7O/c1-16-7-8-25-14-20(16)21-13-19-22(15-26-21)28-29-23(19)27-24(32)17-3-5-18(6-4-17)31-11-9-30(2)10-12-31/h3-8,14,19,21-23,26,28-29H,9-13,15H2,1-2H3,(H,27,32). The number of hydrazine groups is 1. The summed E-state index contributed by atoms with van der Waals surface area (Å²) in [6.45, 7) is 7.16. The smallest absolute Gasteiger partial charge is 0.252 e. The van der Waals surface area contributed by atoms with E-state index in [0.717, 1.165) is 39.1 Å². The number of hydrogen-bond donors (Lipinski definition) is 4. The van der Waals surface area contributed by atoms with E-state index in [1.54, 1.807) is 0 Å². The number of piperidine rings is 1. The average molecular weight is 436 g/mol. The van der Waals surface area contributed by atoms with Crippen molar-refractivity contribution >= 4 is 11.6 Å². The summed E-state index contributed by atoms with van der Waals surface area (Å²) in [6, 6.07) is 10.6. The van der Waals surface area contributed by atoms with E-state index in [9.17, 15) is 4.79 Å². The van der Waals surface area contributed by atoms with Gasteiger partial charge in [0.15, 0.2) is 0 Å². The summed E-state index contributed by atoms with van der Waals surface area (Å²) in [5.74, 6) is 0.261. The van der Waals surface area contributed by atoms with Crippen LogP contribution in [-0.4, -0.2) is 67.8 Å². The van der Waals surface area contributed by atoms with E-state index in [4.69, 9.17) is 0 Å². The lowest BCUT2D eigenvalue weighted by atomic mass is 9.84. The summed E-state index contributed by atoms with van der Waals surface area (Å²) in [6.07, 6.45) is 4.62.